The molecule has 0 bridgehead atoms. The van der Waals surface area contributed by atoms with Crippen LogP contribution >= 0.6 is 0 Å². The van der Waals surface area contributed by atoms with E-state index in [2.05, 4.69) is 4.72 Å². The highest BCUT2D eigenvalue weighted by molar-refractivity contribution is 7.89. The second kappa shape index (κ2) is 8.24. The first kappa shape index (κ1) is 20.5. The van der Waals surface area contributed by atoms with Crippen LogP contribution in [0, 0.1) is 13.8 Å². The molecule has 0 aliphatic heterocycles. The number of rotatable bonds is 8. The molecule has 1 aromatic carbocycles. The maximum Gasteiger partial charge on any atom is 0.240 e. The minimum atomic E-state index is -3.61. The summed E-state index contributed by atoms with van der Waals surface area (Å²) in [6.45, 7) is 6.48. The Bertz CT molecular complexity index is 834. The molecule has 26 heavy (non-hydrogen) atoms. The van der Waals surface area contributed by atoms with Gasteiger partial charge in [0.15, 0.2) is 0 Å². The van der Waals surface area contributed by atoms with Gasteiger partial charge in [-0.25, -0.2) is 13.1 Å². The summed E-state index contributed by atoms with van der Waals surface area (Å²) in [7, 11) is 2.23. The van der Waals surface area contributed by atoms with Gasteiger partial charge in [-0.2, -0.15) is 0 Å². The van der Waals surface area contributed by atoms with E-state index in [1.165, 1.54) is 0 Å². The van der Waals surface area contributed by atoms with Crippen LogP contribution in [0.15, 0.2) is 35.4 Å². The number of aromatic nitrogens is 1. The quantitative estimate of drug-likeness (QED) is 0.766. The highest BCUT2D eigenvalue weighted by Crippen LogP contribution is 2.27. The summed E-state index contributed by atoms with van der Waals surface area (Å²) in [5, 5.41) is 0. The van der Waals surface area contributed by atoms with Gasteiger partial charge >= 0.3 is 0 Å². The van der Waals surface area contributed by atoms with Gasteiger partial charge in [0.05, 0.1) is 17.5 Å². The van der Waals surface area contributed by atoms with E-state index >= 15 is 0 Å². The van der Waals surface area contributed by atoms with E-state index < -0.39 is 10.0 Å². The maximum absolute atomic E-state index is 12.8. The zero-order chi connectivity index (χ0) is 19.5. The second-order valence-electron chi connectivity index (χ2n) is 6.69. The lowest BCUT2D eigenvalue weighted by Crippen LogP contribution is -2.35. The van der Waals surface area contributed by atoms with Crippen LogP contribution in [-0.4, -0.2) is 45.1 Å². The van der Waals surface area contributed by atoms with E-state index in [4.69, 9.17) is 4.74 Å². The predicted molar refractivity (Wildman–Crippen MR) is 104 cm³/mol. The fraction of sp³-hybridized carbons (Fsp3) is 0.474. The van der Waals surface area contributed by atoms with E-state index in [0.717, 1.165) is 22.6 Å². The monoisotopic (exact) mass is 379 g/mol. The van der Waals surface area contributed by atoms with Gasteiger partial charge in [0, 0.05) is 25.5 Å². The lowest BCUT2D eigenvalue weighted by molar-refractivity contribution is 0.289. The maximum atomic E-state index is 12.8. The highest BCUT2D eigenvalue weighted by atomic mass is 32.2. The number of nitrogens with zero attached hydrogens (tertiary/aromatic N) is 2. The molecule has 1 aromatic heterocycles. The predicted octanol–water partition coefficient (Wildman–Crippen LogP) is 2.62. The number of sulfonamides is 1. The van der Waals surface area contributed by atoms with Crippen molar-refractivity contribution < 1.29 is 13.2 Å². The van der Waals surface area contributed by atoms with Crippen LogP contribution in [-0.2, 0) is 17.1 Å². The Hall–Kier alpha value is -1.83. The minimum absolute atomic E-state index is 0.0605. The first-order valence-electron chi connectivity index (χ1n) is 8.68. The van der Waals surface area contributed by atoms with Gasteiger partial charge in [-0.05, 0) is 70.3 Å². The van der Waals surface area contributed by atoms with Gasteiger partial charge in [-0.15, -0.1) is 0 Å². The molecule has 6 nitrogen and oxygen atoms in total. The smallest absolute Gasteiger partial charge is 0.240 e. The fourth-order valence-electron chi connectivity index (χ4n) is 3.08. The summed E-state index contributed by atoms with van der Waals surface area (Å²) < 4.78 is 36.0. The van der Waals surface area contributed by atoms with Crippen molar-refractivity contribution in [1.29, 1.82) is 0 Å². The number of hydrogen-bond acceptors (Lipinski definition) is 4. The van der Waals surface area contributed by atoms with Crippen LogP contribution < -0.4 is 9.46 Å². The number of likely N-dealkylation sites (N-methyl/N-ethyl adjacent to an activating group) is 1. The topological polar surface area (TPSA) is 63.6 Å². The Morgan fingerprint density at radius 1 is 1.23 bits per heavy atom. The lowest BCUT2D eigenvalue weighted by Gasteiger charge is -2.25. The van der Waals surface area contributed by atoms with E-state index in [0.29, 0.717) is 13.2 Å². The van der Waals surface area contributed by atoms with Crippen LogP contribution in [0.2, 0.25) is 0 Å². The Morgan fingerprint density at radius 3 is 2.31 bits per heavy atom. The van der Waals surface area contributed by atoms with E-state index in [1.54, 1.807) is 12.1 Å². The Kier molecular flexibility index (Phi) is 6.49. The normalized spacial score (nSPS) is 13.2. The van der Waals surface area contributed by atoms with Gasteiger partial charge in [0.25, 0.3) is 0 Å². The third kappa shape index (κ3) is 4.47. The molecule has 1 atom stereocenters. The van der Waals surface area contributed by atoms with E-state index in [9.17, 15) is 8.42 Å². The first-order chi connectivity index (χ1) is 12.2. The Morgan fingerprint density at radius 2 is 1.85 bits per heavy atom. The molecule has 0 fully saturated rings. The molecule has 0 radical (unpaired) electrons. The largest absolute Gasteiger partial charge is 0.493 e. The van der Waals surface area contributed by atoms with Crippen LogP contribution in [0.4, 0.5) is 0 Å². The molecule has 7 heteroatoms. The average Bonchev–Trinajstić information content (AvgIpc) is 2.96. The fourth-order valence-corrected chi connectivity index (χ4v) is 4.29. The van der Waals surface area contributed by atoms with Crippen molar-refractivity contribution in [3.63, 3.8) is 0 Å². The van der Waals surface area contributed by atoms with Gasteiger partial charge in [-0.3, -0.25) is 4.90 Å². The molecule has 0 aliphatic carbocycles. The highest BCUT2D eigenvalue weighted by Gasteiger charge is 2.22. The SMILES string of the molecule is CCOc1c(C)cc(S(=O)(=O)NC[C@H](c2cccn2C)N(C)C)cc1C. The zero-order valence-electron chi connectivity index (χ0n) is 16.4. The molecule has 0 amide bonds. The molecule has 0 saturated heterocycles. The third-order valence-electron chi connectivity index (χ3n) is 4.45. The summed E-state index contributed by atoms with van der Waals surface area (Å²) in [5.41, 5.74) is 2.69. The van der Waals surface area contributed by atoms with Crippen molar-refractivity contribution >= 4 is 10.0 Å². The van der Waals surface area contributed by atoms with Crippen molar-refractivity contribution in [3.05, 3.63) is 47.3 Å². The number of hydrogen-bond donors (Lipinski definition) is 1. The summed E-state index contributed by atoms with van der Waals surface area (Å²) in [5.74, 6) is 0.751. The first-order valence-corrected chi connectivity index (χ1v) is 10.2. The molecule has 1 heterocycles. The van der Waals surface area contributed by atoms with Crippen LogP contribution in [0.5, 0.6) is 5.75 Å². The van der Waals surface area contributed by atoms with Gasteiger partial charge in [0.2, 0.25) is 10.0 Å². The average molecular weight is 380 g/mol. The van der Waals surface area contributed by atoms with Gasteiger partial charge < -0.3 is 9.30 Å². The number of aryl methyl sites for hydroxylation is 3. The molecule has 1 N–H and O–H groups in total. The molecular formula is C19H29N3O3S. The summed E-state index contributed by atoms with van der Waals surface area (Å²) in [6, 6.07) is 7.22. The zero-order valence-corrected chi connectivity index (χ0v) is 17.2. The molecule has 2 aromatic rings. The molecule has 144 valence electrons. The minimum Gasteiger partial charge on any atom is -0.493 e. The second-order valence-corrected chi connectivity index (χ2v) is 8.46. The van der Waals surface area contributed by atoms with Gasteiger partial charge in [-0.1, -0.05) is 0 Å². The molecule has 0 aliphatic rings. The van der Waals surface area contributed by atoms with Crippen molar-refractivity contribution in [2.24, 2.45) is 7.05 Å². The van der Waals surface area contributed by atoms with Crippen molar-refractivity contribution in [2.75, 3.05) is 27.2 Å². The summed E-state index contributed by atoms with van der Waals surface area (Å²) in [6.07, 6.45) is 1.96. The van der Waals surface area contributed by atoms with E-state index in [-0.39, 0.29) is 10.9 Å². The third-order valence-corrected chi connectivity index (χ3v) is 5.85. The van der Waals surface area contributed by atoms with Crippen molar-refractivity contribution in [1.82, 2.24) is 14.2 Å². The van der Waals surface area contributed by atoms with Crippen LogP contribution in [0.25, 0.3) is 0 Å². The van der Waals surface area contributed by atoms with Gasteiger partial charge in [0.1, 0.15) is 5.75 Å². The van der Waals surface area contributed by atoms with Crippen LogP contribution in [0.3, 0.4) is 0 Å². The summed E-state index contributed by atoms with van der Waals surface area (Å²) >= 11 is 0. The summed E-state index contributed by atoms with van der Waals surface area (Å²) in [4.78, 5) is 2.27. The number of benzene rings is 1. The van der Waals surface area contributed by atoms with Crippen molar-refractivity contribution in [2.45, 2.75) is 31.7 Å². The standard InChI is InChI=1S/C19H29N3O3S/c1-7-25-19-14(2)11-16(12-15(19)3)26(23,24)20-13-18(21(4)5)17-9-8-10-22(17)6/h8-12,18,20H,7,13H2,1-6H3/t18-/m1/s1. The molecule has 0 spiro atoms. The molecular weight excluding hydrogens is 350 g/mol. The number of ether oxygens (including phenoxy) is 1. The molecule has 2 rings (SSSR count). The van der Waals surface area contributed by atoms with Crippen molar-refractivity contribution in [3.8, 4) is 5.75 Å². The Labute approximate surface area is 156 Å². The molecule has 0 unspecified atom stereocenters. The van der Waals surface area contributed by atoms with Crippen LogP contribution in [0.1, 0.15) is 29.8 Å². The lowest BCUT2D eigenvalue weighted by atomic mass is 10.1. The Balaban J connectivity index is 2.24. The van der Waals surface area contributed by atoms with E-state index in [1.807, 2.05) is 69.7 Å². The molecule has 0 saturated carbocycles. The number of nitrogens with one attached hydrogen (secondary N) is 1.